The number of hydrogen-bond donors (Lipinski definition) is 2. The van der Waals surface area contributed by atoms with Crippen molar-refractivity contribution in [1.29, 1.82) is 0 Å². The lowest BCUT2D eigenvalue weighted by atomic mass is 10.1. The highest BCUT2D eigenvalue weighted by Crippen LogP contribution is 2.14. The van der Waals surface area contributed by atoms with Gasteiger partial charge in [-0.05, 0) is 20.3 Å². The summed E-state index contributed by atoms with van der Waals surface area (Å²) in [6.45, 7) is 4.94. The zero-order valence-corrected chi connectivity index (χ0v) is 9.66. The number of amides is 1. The molecule has 0 aromatic carbocycles. The van der Waals surface area contributed by atoms with Crippen molar-refractivity contribution < 1.29 is 9.90 Å². The number of H-pyrrole nitrogens is 1. The van der Waals surface area contributed by atoms with Gasteiger partial charge in [0.15, 0.2) is 0 Å². The second-order valence-corrected chi connectivity index (χ2v) is 4.37. The number of likely N-dealkylation sites (tertiary alicyclic amines) is 1. The molecule has 1 atom stereocenters. The molecule has 1 aliphatic rings. The molecule has 1 fully saturated rings. The number of carbonyl (C=O) groups excluding carboxylic acids is 1. The topological polar surface area (TPSA) is 69.2 Å². The van der Waals surface area contributed by atoms with E-state index in [9.17, 15) is 9.90 Å². The second kappa shape index (κ2) is 4.25. The number of aliphatic hydroxyl groups is 1. The van der Waals surface area contributed by atoms with E-state index in [0.29, 0.717) is 25.9 Å². The zero-order valence-electron chi connectivity index (χ0n) is 9.66. The molecule has 1 aromatic heterocycles. The average molecular weight is 223 g/mol. The number of aryl methyl sites for hydroxylation is 2. The van der Waals surface area contributed by atoms with Gasteiger partial charge in [-0.25, -0.2) is 0 Å². The molecule has 5 heteroatoms. The lowest BCUT2D eigenvalue weighted by Gasteiger charge is -2.15. The number of aromatic nitrogens is 2. The fourth-order valence-corrected chi connectivity index (χ4v) is 2.07. The van der Waals surface area contributed by atoms with Crippen LogP contribution in [0.5, 0.6) is 0 Å². The first-order chi connectivity index (χ1) is 7.58. The van der Waals surface area contributed by atoms with Crippen LogP contribution in [0.1, 0.15) is 23.4 Å². The van der Waals surface area contributed by atoms with Crippen molar-refractivity contribution >= 4 is 5.91 Å². The molecule has 16 heavy (non-hydrogen) atoms. The minimum atomic E-state index is -0.351. The van der Waals surface area contributed by atoms with Crippen molar-refractivity contribution in [1.82, 2.24) is 15.1 Å². The van der Waals surface area contributed by atoms with Crippen LogP contribution in [0.25, 0.3) is 0 Å². The normalized spacial score (nSPS) is 20.4. The van der Waals surface area contributed by atoms with E-state index in [-0.39, 0.29) is 12.0 Å². The summed E-state index contributed by atoms with van der Waals surface area (Å²) in [5.74, 6) is 0.0733. The predicted octanol–water partition coefficient (Wildman–Crippen LogP) is 0.162. The molecular weight excluding hydrogens is 206 g/mol. The van der Waals surface area contributed by atoms with Crippen LogP contribution in [0.15, 0.2) is 0 Å². The van der Waals surface area contributed by atoms with E-state index >= 15 is 0 Å². The summed E-state index contributed by atoms with van der Waals surface area (Å²) in [6.07, 6.45) is 0.714. The van der Waals surface area contributed by atoms with E-state index in [1.807, 2.05) is 13.8 Å². The molecule has 2 N–H and O–H groups in total. The second-order valence-electron chi connectivity index (χ2n) is 4.37. The first-order valence-electron chi connectivity index (χ1n) is 5.54. The van der Waals surface area contributed by atoms with Gasteiger partial charge in [0.1, 0.15) is 0 Å². The fourth-order valence-electron chi connectivity index (χ4n) is 2.07. The van der Waals surface area contributed by atoms with Gasteiger partial charge in [0, 0.05) is 24.3 Å². The summed E-state index contributed by atoms with van der Waals surface area (Å²) >= 11 is 0. The number of rotatable bonds is 2. The SMILES string of the molecule is Cc1n[nH]c(C)c1CC(=O)N1CCC(O)C1. The van der Waals surface area contributed by atoms with Gasteiger partial charge in [0.05, 0.1) is 18.2 Å². The van der Waals surface area contributed by atoms with Crippen LogP contribution >= 0.6 is 0 Å². The molecule has 5 nitrogen and oxygen atoms in total. The van der Waals surface area contributed by atoms with Crippen molar-refractivity contribution in [2.45, 2.75) is 32.8 Å². The molecule has 2 heterocycles. The molecular formula is C11H17N3O2. The summed E-state index contributed by atoms with van der Waals surface area (Å²) in [7, 11) is 0. The van der Waals surface area contributed by atoms with E-state index in [0.717, 1.165) is 17.0 Å². The summed E-state index contributed by atoms with van der Waals surface area (Å²) in [4.78, 5) is 13.7. The van der Waals surface area contributed by atoms with Crippen LogP contribution in [-0.4, -0.2) is 45.3 Å². The van der Waals surface area contributed by atoms with E-state index in [2.05, 4.69) is 10.2 Å². The van der Waals surface area contributed by atoms with E-state index in [4.69, 9.17) is 0 Å². The highest BCUT2D eigenvalue weighted by atomic mass is 16.3. The van der Waals surface area contributed by atoms with Crippen molar-refractivity contribution in [3.05, 3.63) is 17.0 Å². The smallest absolute Gasteiger partial charge is 0.227 e. The molecule has 1 saturated heterocycles. The molecule has 1 amide bonds. The van der Waals surface area contributed by atoms with Crippen LogP contribution in [-0.2, 0) is 11.2 Å². The molecule has 1 unspecified atom stereocenters. The van der Waals surface area contributed by atoms with E-state index < -0.39 is 0 Å². The van der Waals surface area contributed by atoms with Gasteiger partial charge in [0.25, 0.3) is 0 Å². The molecule has 1 aliphatic heterocycles. The Morgan fingerprint density at radius 1 is 1.62 bits per heavy atom. The van der Waals surface area contributed by atoms with Crippen LogP contribution in [0.3, 0.4) is 0 Å². The van der Waals surface area contributed by atoms with E-state index in [1.165, 1.54) is 0 Å². The first kappa shape index (κ1) is 11.1. The number of nitrogens with one attached hydrogen (secondary N) is 1. The van der Waals surface area contributed by atoms with Crippen molar-refractivity contribution in [2.75, 3.05) is 13.1 Å². The monoisotopic (exact) mass is 223 g/mol. The Hall–Kier alpha value is -1.36. The van der Waals surface area contributed by atoms with Crippen LogP contribution in [0, 0.1) is 13.8 Å². The number of nitrogens with zero attached hydrogens (tertiary/aromatic N) is 2. The standard InChI is InChI=1S/C11H17N3O2/c1-7-10(8(2)13-12-7)5-11(16)14-4-3-9(15)6-14/h9,15H,3-6H2,1-2H3,(H,12,13). The number of β-amino-alcohol motifs (C(OH)–C–C–N with tert-alkyl or cyclic N) is 1. The lowest BCUT2D eigenvalue weighted by Crippen LogP contribution is -2.31. The third kappa shape index (κ3) is 2.09. The van der Waals surface area contributed by atoms with Crippen LogP contribution in [0.4, 0.5) is 0 Å². The highest BCUT2D eigenvalue weighted by Gasteiger charge is 2.25. The maximum absolute atomic E-state index is 11.9. The predicted molar refractivity (Wildman–Crippen MR) is 59.0 cm³/mol. The maximum atomic E-state index is 11.9. The summed E-state index contributed by atoms with van der Waals surface area (Å²) in [6, 6.07) is 0. The van der Waals surface area contributed by atoms with Crippen molar-refractivity contribution in [2.24, 2.45) is 0 Å². The fraction of sp³-hybridized carbons (Fsp3) is 0.636. The molecule has 2 rings (SSSR count). The lowest BCUT2D eigenvalue weighted by molar-refractivity contribution is -0.129. The Kier molecular flexibility index (Phi) is 2.96. The minimum absolute atomic E-state index is 0.0733. The van der Waals surface area contributed by atoms with Gasteiger partial charge in [0.2, 0.25) is 5.91 Å². The number of carbonyl (C=O) groups is 1. The summed E-state index contributed by atoms with van der Waals surface area (Å²) in [5.41, 5.74) is 2.81. The van der Waals surface area contributed by atoms with Crippen LogP contribution in [0.2, 0.25) is 0 Å². The minimum Gasteiger partial charge on any atom is -0.391 e. The molecule has 0 aliphatic carbocycles. The molecule has 0 spiro atoms. The quantitative estimate of drug-likeness (QED) is 0.750. The molecule has 0 saturated carbocycles. The number of aromatic amines is 1. The van der Waals surface area contributed by atoms with Gasteiger partial charge in [-0.3, -0.25) is 9.89 Å². The van der Waals surface area contributed by atoms with Gasteiger partial charge in [-0.2, -0.15) is 5.10 Å². The molecule has 0 radical (unpaired) electrons. The van der Waals surface area contributed by atoms with Gasteiger partial charge in [-0.1, -0.05) is 0 Å². The number of aliphatic hydroxyl groups excluding tert-OH is 1. The summed E-state index contributed by atoms with van der Waals surface area (Å²) in [5, 5.41) is 16.3. The maximum Gasteiger partial charge on any atom is 0.227 e. The van der Waals surface area contributed by atoms with Crippen molar-refractivity contribution in [3.8, 4) is 0 Å². The van der Waals surface area contributed by atoms with Gasteiger partial charge < -0.3 is 10.0 Å². The Morgan fingerprint density at radius 2 is 2.38 bits per heavy atom. The molecule has 1 aromatic rings. The third-order valence-corrected chi connectivity index (χ3v) is 3.12. The molecule has 88 valence electrons. The van der Waals surface area contributed by atoms with Crippen LogP contribution < -0.4 is 0 Å². The Bertz CT molecular complexity index is 380. The Labute approximate surface area is 94.5 Å². The first-order valence-corrected chi connectivity index (χ1v) is 5.54. The van der Waals surface area contributed by atoms with Crippen molar-refractivity contribution in [3.63, 3.8) is 0 Å². The largest absolute Gasteiger partial charge is 0.391 e. The Balaban J connectivity index is 2.02. The number of hydrogen-bond acceptors (Lipinski definition) is 3. The summed E-state index contributed by atoms with van der Waals surface area (Å²) < 4.78 is 0. The van der Waals surface area contributed by atoms with Gasteiger partial charge >= 0.3 is 0 Å². The zero-order chi connectivity index (χ0) is 11.7. The highest BCUT2D eigenvalue weighted by molar-refractivity contribution is 5.79. The average Bonchev–Trinajstić information content (AvgIpc) is 2.79. The Morgan fingerprint density at radius 3 is 2.88 bits per heavy atom. The third-order valence-electron chi connectivity index (χ3n) is 3.12. The van der Waals surface area contributed by atoms with Gasteiger partial charge in [-0.15, -0.1) is 0 Å². The van der Waals surface area contributed by atoms with E-state index in [1.54, 1.807) is 4.90 Å². The molecule has 0 bridgehead atoms.